The van der Waals surface area contributed by atoms with E-state index in [1.165, 1.54) is 22.1 Å². The highest BCUT2D eigenvalue weighted by molar-refractivity contribution is 5.81. The predicted molar refractivity (Wildman–Crippen MR) is 88.1 cm³/mol. The van der Waals surface area contributed by atoms with Gasteiger partial charge in [-0.3, -0.25) is 4.79 Å². The van der Waals surface area contributed by atoms with E-state index in [-0.39, 0.29) is 38.0 Å². The molecule has 2 saturated heterocycles. The van der Waals surface area contributed by atoms with Gasteiger partial charge in [0.25, 0.3) is 0 Å². The number of hydrogen-bond acceptors (Lipinski definition) is 5. The van der Waals surface area contributed by atoms with Crippen LogP contribution in [0, 0.1) is 5.92 Å². The molecule has 0 radical (unpaired) electrons. The van der Waals surface area contributed by atoms with Gasteiger partial charge in [-0.05, 0) is 25.0 Å². The lowest BCUT2D eigenvalue weighted by Crippen LogP contribution is -2.52. The number of morpholine rings is 1. The van der Waals surface area contributed by atoms with E-state index in [1.807, 2.05) is 0 Å². The minimum absolute atomic E-state index is 0.0535. The first-order chi connectivity index (χ1) is 12.8. The molecule has 2 aliphatic heterocycles. The molecule has 1 amide bonds. The first-order valence-electron chi connectivity index (χ1n) is 8.67. The van der Waals surface area contributed by atoms with Crippen LogP contribution in [0.5, 0.6) is 0 Å². The summed E-state index contributed by atoms with van der Waals surface area (Å²) in [7, 11) is 0. The van der Waals surface area contributed by atoms with Crippen molar-refractivity contribution in [2.75, 3.05) is 37.7 Å². The Hall–Kier alpha value is -2.36. The van der Waals surface area contributed by atoms with Crippen LogP contribution in [0.15, 0.2) is 18.3 Å². The van der Waals surface area contributed by atoms with E-state index >= 15 is 0 Å². The summed E-state index contributed by atoms with van der Waals surface area (Å²) in [5, 5.41) is 9.06. The highest BCUT2D eigenvalue weighted by atomic mass is 19.4. The monoisotopic (exact) mass is 387 g/mol. The Morgan fingerprint density at radius 3 is 2.74 bits per heavy atom. The molecule has 0 aliphatic carbocycles. The average Bonchev–Trinajstić information content (AvgIpc) is 2.67. The third kappa shape index (κ3) is 4.32. The second-order valence-electron chi connectivity index (χ2n) is 6.64. The number of anilines is 1. The molecular weight excluding hydrogens is 367 g/mol. The topological polar surface area (TPSA) is 83.0 Å². The van der Waals surface area contributed by atoms with E-state index in [0.717, 1.165) is 6.07 Å². The highest BCUT2D eigenvalue weighted by Crippen LogP contribution is 2.36. The third-order valence-electron chi connectivity index (χ3n) is 4.82. The van der Waals surface area contributed by atoms with Crippen molar-refractivity contribution in [1.82, 2.24) is 9.88 Å². The average molecular weight is 387 g/mol. The van der Waals surface area contributed by atoms with Crippen molar-refractivity contribution in [2.45, 2.75) is 25.1 Å². The fraction of sp³-hybridized carbons (Fsp3) is 0.588. The maximum atomic E-state index is 13.3. The van der Waals surface area contributed by atoms with Crippen molar-refractivity contribution in [3.05, 3.63) is 23.9 Å². The maximum absolute atomic E-state index is 13.3. The van der Waals surface area contributed by atoms with Crippen LogP contribution in [0.2, 0.25) is 0 Å². The normalized spacial score (nSPS) is 24.0. The number of nitrogens with zero attached hydrogens (tertiary/aromatic N) is 3. The lowest BCUT2D eigenvalue weighted by molar-refractivity contribution is -0.160. The molecule has 27 heavy (non-hydrogen) atoms. The Kier molecular flexibility index (Phi) is 5.54. The Morgan fingerprint density at radius 2 is 2.04 bits per heavy atom. The largest absolute Gasteiger partial charge is 0.479 e. The van der Waals surface area contributed by atoms with Crippen molar-refractivity contribution >= 4 is 17.7 Å². The number of aromatic nitrogens is 1. The van der Waals surface area contributed by atoms with E-state index in [1.54, 1.807) is 0 Å². The number of amides is 1. The molecule has 0 bridgehead atoms. The van der Waals surface area contributed by atoms with E-state index in [0.29, 0.717) is 19.4 Å². The van der Waals surface area contributed by atoms with Gasteiger partial charge in [-0.25, -0.2) is 9.78 Å². The zero-order valence-corrected chi connectivity index (χ0v) is 14.5. The predicted octanol–water partition coefficient (Wildman–Crippen LogP) is 1.63. The van der Waals surface area contributed by atoms with Crippen molar-refractivity contribution < 1.29 is 32.6 Å². The Balaban J connectivity index is 1.73. The molecule has 0 unspecified atom stereocenters. The second kappa shape index (κ2) is 7.71. The van der Waals surface area contributed by atoms with Crippen LogP contribution in [-0.4, -0.2) is 65.8 Å². The Labute approximate surface area is 153 Å². The number of alkyl halides is 3. The maximum Gasteiger partial charge on any atom is 0.419 e. The fourth-order valence-electron chi connectivity index (χ4n) is 3.50. The number of carbonyl (C=O) groups is 2. The first kappa shape index (κ1) is 19.4. The van der Waals surface area contributed by atoms with Gasteiger partial charge in [-0.15, -0.1) is 0 Å². The SMILES string of the molecule is O=C(O)[C@@H]1CN(C(=O)[C@H]2CCCN(c3ncccc3C(F)(F)F)C2)CCO1. The number of carbonyl (C=O) groups excluding carboxylic acids is 1. The molecule has 2 fully saturated rings. The summed E-state index contributed by atoms with van der Waals surface area (Å²) in [6.45, 7) is 0.842. The number of piperidine rings is 1. The van der Waals surface area contributed by atoms with Gasteiger partial charge in [0.1, 0.15) is 5.82 Å². The molecule has 3 heterocycles. The molecule has 10 heteroatoms. The molecule has 1 aromatic rings. The number of hydrogen-bond donors (Lipinski definition) is 1. The van der Waals surface area contributed by atoms with Crippen molar-refractivity contribution in [1.29, 1.82) is 0 Å². The minimum Gasteiger partial charge on any atom is -0.479 e. The van der Waals surface area contributed by atoms with Gasteiger partial charge in [-0.2, -0.15) is 13.2 Å². The Bertz CT molecular complexity index is 713. The summed E-state index contributed by atoms with van der Waals surface area (Å²) in [6, 6.07) is 2.21. The summed E-state index contributed by atoms with van der Waals surface area (Å²) in [6.07, 6.45) is -3.21. The third-order valence-corrected chi connectivity index (χ3v) is 4.82. The van der Waals surface area contributed by atoms with Crippen LogP contribution < -0.4 is 4.90 Å². The number of rotatable bonds is 3. The Morgan fingerprint density at radius 1 is 1.26 bits per heavy atom. The molecule has 1 N–H and O–H groups in total. The smallest absolute Gasteiger partial charge is 0.419 e. The van der Waals surface area contributed by atoms with Crippen LogP contribution in [0.25, 0.3) is 0 Å². The lowest BCUT2D eigenvalue weighted by Gasteiger charge is -2.38. The summed E-state index contributed by atoms with van der Waals surface area (Å²) in [5.41, 5.74) is -0.824. The number of pyridine rings is 1. The molecule has 2 atom stereocenters. The number of carboxylic acid groups (broad SMARTS) is 1. The standard InChI is InChI=1S/C17H20F3N3O4/c18-17(19,20)12-4-1-5-21-14(12)22-6-2-3-11(9-22)15(24)23-7-8-27-13(10-23)16(25)26/h1,4-5,11,13H,2-3,6-10H2,(H,25,26)/t11-,13-/m0/s1. The van der Waals surface area contributed by atoms with Crippen LogP contribution in [0.1, 0.15) is 18.4 Å². The first-order valence-corrected chi connectivity index (χ1v) is 8.67. The van der Waals surface area contributed by atoms with Gasteiger partial charge >= 0.3 is 12.1 Å². The van der Waals surface area contributed by atoms with Crippen LogP contribution in [-0.2, 0) is 20.5 Å². The van der Waals surface area contributed by atoms with Gasteiger partial charge in [0.15, 0.2) is 6.10 Å². The summed E-state index contributed by atoms with van der Waals surface area (Å²) >= 11 is 0. The number of aliphatic carboxylic acids is 1. The van der Waals surface area contributed by atoms with Crippen LogP contribution in [0.4, 0.5) is 19.0 Å². The van der Waals surface area contributed by atoms with Crippen LogP contribution >= 0.6 is 0 Å². The zero-order chi connectivity index (χ0) is 19.6. The van der Waals surface area contributed by atoms with Gasteiger partial charge in [0.2, 0.25) is 5.91 Å². The molecular formula is C17H20F3N3O4. The molecule has 0 spiro atoms. The van der Waals surface area contributed by atoms with Crippen molar-refractivity contribution in [2.24, 2.45) is 5.92 Å². The summed E-state index contributed by atoms with van der Waals surface area (Å²) in [4.78, 5) is 30.7. The van der Waals surface area contributed by atoms with E-state index < -0.39 is 29.7 Å². The molecule has 3 rings (SSSR count). The van der Waals surface area contributed by atoms with Gasteiger partial charge in [0.05, 0.1) is 24.6 Å². The quantitative estimate of drug-likeness (QED) is 0.849. The molecule has 7 nitrogen and oxygen atoms in total. The van der Waals surface area contributed by atoms with E-state index in [4.69, 9.17) is 9.84 Å². The van der Waals surface area contributed by atoms with E-state index in [9.17, 15) is 22.8 Å². The molecule has 0 aromatic carbocycles. The van der Waals surface area contributed by atoms with Crippen molar-refractivity contribution in [3.63, 3.8) is 0 Å². The van der Waals surface area contributed by atoms with Crippen LogP contribution in [0.3, 0.4) is 0 Å². The van der Waals surface area contributed by atoms with Crippen molar-refractivity contribution in [3.8, 4) is 0 Å². The number of ether oxygens (including phenoxy) is 1. The van der Waals surface area contributed by atoms with Gasteiger partial charge in [-0.1, -0.05) is 0 Å². The highest BCUT2D eigenvalue weighted by Gasteiger charge is 2.38. The van der Waals surface area contributed by atoms with Gasteiger partial charge in [0, 0.05) is 25.8 Å². The lowest BCUT2D eigenvalue weighted by atomic mass is 9.95. The molecule has 148 valence electrons. The fourth-order valence-corrected chi connectivity index (χ4v) is 3.50. The molecule has 0 saturated carbocycles. The van der Waals surface area contributed by atoms with E-state index in [2.05, 4.69) is 4.98 Å². The second-order valence-corrected chi connectivity index (χ2v) is 6.64. The van der Waals surface area contributed by atoms with Gasteiger partial charge < -0.3 is 19.6 Å². The molecule has 1 aromatic heterocycles. The zero-order valence-electron chi connectivity index (χ0n) is 14.5. The summed E-state index contributed by atoms with van der Waals surface area (Å²) < 4.78 is 44.9. The minimum atomic E-state index is -4.53. The summed E-state index contributed by atoms with van der Waals surface area (Å²) in [5.74, 6) is -2.07. The number of carboxylic acids is 1. The molecule has 2 aliphatic rings. The number of halogens is 3.